The Morgan fingerprint density at radius 1 is 1.26 bits per heavy atom. The van der Waals surface area contributed by atoms with Crippen molar-refractivity contribution in [2.75, 3.05) is 13.7 Å². The number of methoxy groups -OCH3 is 1. The van der Waals surface area contributed by atoms with Gasteiger partial charge in [0.15, 0.2) is 5.78 Å². The lowest BCUT2D eigenvalue weighted by Gasteiger charge is -2.36. The fourth-order valence-electron chi connectivity index (χ4n) is 4.00. The van der Waals surface area contributed by atoms with E-state index in [-0.39, 0.29) is 24.3 Å². The number of piperidine rings is 1. The molecule has 1 atom stereocenters. The molecular formula is C21H27N3O3. The summed E-state index contributed by atoms with van der Waals surface area (Å²) < 4.78 is 7.00. The van der Waals surface area contributed by atoms with Gasteiger partial charge >= 0.3 is 0 Å². The average molecular weight is 369 g/mol. The summed E-state index contributed by atoms with van der Waals surface area (Å²) in [6, 6.07) is 7.98. The van der Waals surface area contributed by atoms with Gasteiger partial charge in [0.25, 0.3) is 0 Å². The molecule has 0 N–H and O–H groups in total. The lowest BCUT2D eigenvalue weighted by molar-refractivity contribution is -0.136. The molecule has 1 saturated heterocycles. The van der Waals surface area contributed by atoms with E-state index in [0.717, 1.165) is 42.8 Å². The minimum atomic E-state index is -0.0177. The maximum Gasteiger partial charge on any atom is 0.244 e. The largest absolute Gasteiger partial charge is 0.497 e. The number of ketones is 1. The molecule has 1 aliphatic rings. The molecule has 144 valence electrons. The van der Waals surface area contributed by atoms with E-state index in [1.165, 1.54) is 6.92 Å². The molecule has 0 bridgehead atoms. The molecule has 6 heteroatoms. The number of nitrogens with zero attached hydrogens (tertiary/aromatic N) is 3. The van der Waals surface area contributed by atoms with Gasteiger partial charge in [-0.1, -0.05) is 12.1 Å². The first kappa shape index (κ1) is 19.1. The number of aromatic nitrogens is 2. The number of Topliss-reactive ketones (excluding diaryl/α,β-unsaturated/α-hetero) is 1. The van der Waals surface area contributed by atoms with Crippen molar-refractivity contribution in [2.45, 2.75) is 52.6 Å². The van der Waals surface area contributed by atoms with E-state index >= 15 is 0 Å². The zero-order chi connectivity index (χ0) is 19.6. The van der Waals surface area contributed by atoms with Crippen LogP contribution in [0.25, 0.3) is 0 Å². The molecule has 0 radical (unpaired) electrons. The van der Waals surface area contributed by atoms with Crippen molar-refractivity contribution < 1.29 is 14.3 Å². The van der Waals surface area contributed by atoms with Crippen LogP contribution >= 0.6 is 0 Å². The van der Waals surface area contributed by atoms with Gasteiger partial charge in [-0.2, -0.15) is 5.10 Å². The predicted octanol–water partition coefficient (Wildman–Crippen LogP) is 3.46. The molecule has 1 aromatic carbocycles. The quantitative estimate of drug-likeness (QED) is 0.757. The molecule has 1 unspecified atom stereocenters. The number of carbonyl (C=O) groups is 2. The third-order valence-corrected chi connectivity index (χ3v) is 5.32. The molecule has 2 aromatic rings. The normalized spacial score (nSPS) is 17.0. The number of hydrogen-bond acceptors (Lipinski definition) is 4. The van der Waals surface area contributed by atoms with Crippen molar-refractivity contribution >= 4 is 11.7 Å². The van der Waals surface area contributed by atoms with E-state index in [2.05, 4.69) is 11.2 Å². The van der Waals surface area contributed by atoms with Gasteiger partial charge in [-0.05, 0) is 57.7 Å². The van der Waals surface area contributed by atoms with Crippen LogP contribution in [0.3, 0.4) is 0 Å². The van der Waals surface area contributed by atoms with Crippen LogP contribution in [0.15, 0.2) is 24.3 Å². The van der Waals surface area contributed by atoms with Crippen LogP contribution in [0.1, 0.15) is 59.5 Å². The summed E-state index contributed by atoms with van der Waals surface area (Å²) in [6.07, 6.45) is 3.04. The van der Waals surface area contributed by atoms with E-state index in [1.54, 1.807) is 11.8 Å². The molecular weight excluding hydrogens is 342 g/mol. The van der Waals surface area contributed by atoms with Crippen LogP contribution in [0.5, 0.6) is 5.75 Å². The molecule has 6 nitrogen and oxygen atoms in total. The maximum absolute atomic E-state index is 13.1. The maximum atomic E-state index is 13.1. The highest BCUT2D eigenvalue weighted by Gasteiger charge is 2.29. The van der Waals surface area contributed by atoms with Crippen molar-refractivity contribution in [3.05, 3.63) is 46.8 Å². The van der Waals surface area contributed by atoms with E-state index in [9.17, 15) is 9.59 Å². The van der Waals surface area contributed by atoms with Crippen molar-refractivity contribution in [1.82, 2.24) is 14.7 Å². The summed E-state index contributed by atoms with van der Waals surface area (Å²) in [5.41, 5.74) is 3.14. The van der Waals surface area contributed by atoms with Crippen LogP contribution in [0, 0.1) is 13.8 Å². The molecule has 2 heterocycles. The number of amides is 1. The second kappa shape index (κ2) is 7.94. The van der Waals surface area contributed by atoms with Crippen LogP contribution in [0.4, 0.5) is 0 Å². The molecule has 0 spiro atoms. The molecule has 1 amide bonds. The Balaban J connectivity index is 1.84. The smallest absolute Gasteiger partial charge is 0.244 e. The second-order valence-electron chi connectivity index (χ2n) is 7.13. The highest BCUT2D eigenvalue weighted by molar-refractivity contribution is 5.96. The Kier molecular flexibility index (Phi) is 5.63. The third kappa shape index (κ3) is 3.89. The minimum Gasteiger partial charge on any atom is -0.497 e. The van der Waals surface area contributed by atoms with Crippen molar-refractivity contribution in [3.8, 4) is 5.75 Å². The molecule has 1 fully saturated rings. The van der Waals surface area contributed by atoms with Crippen LogP contribution < -0.4 is 4.74 Å². The molecule has 0 aliphatic carbocycles. The number of rotatable bonds is 5. The van der Waals surface area contributed by atoms with Gasteiger partial charge in [-0.25, -0.2) is 0 Å². The molecule has 0 saturated carbocycles. The lowest BCUT2D eigenvalue weighted by Crippen LogP contribution is -2.40. The third-order valence-electron chi connectivity index (χ3n) is 5.32. The van der Waals surface area contributed by atoms with Crippen molar-refractivity contribution in [2.24, 2.45) is 0 Å². The van der Waals surface area contributed by atoms with Gasteiger partial charge in [0.1, 0.15) is 12.3 Å². The molecule has 3 rings (SSSR count). The summed E-state index contributed by atoms with van der Waals surface area (Å²) in [5, 5.41) is 4.42. The van der Waals surface area contributed by atoms with Crippen molar-refractivity contribution in [3.63, 3.8) is 0 Å². The standard InChI is InChI=1S/C21H27N3O3/c1-14-21(16(3)25)15(2)24(22-14)13-20(26)23-11-6-5-10-19(23)17-8-7-9-18(12-17)27-4/h7-9,12,19H,5-6,10-11,13H2,1-4H3. The molecule has 27 heavy (non-hydrogen) atoms. The van der Waals surface area contributed by atoms with Gasteiger partial charge in [0.05, 0.1) is 24.4 Å². The zero-order valence-corrected chi connectivity index (χ0v) is 16.5. The summed E-state index contributed by atoms with van der Waals surface area (Å²) >= 11 is 0. The minimum absolute atomic E-state index is 0.0177. The Morgan fingerprint density at radius 2 is 2.04 bits per heavy atom. The highest BCUT2D eigenvalue weighted by Crippen LogP contribution is 2.32. The van der Waals surface area contributed by atoms with Gasteiger partial charge in [-0.3, -0.25) is 14.3 Å². The number of carbonyl (C=O) groups excluding carboxylic acids is 2. The fraction of sp³-hybridized carbons (Fsp3) is 0.476. The molecule has 1 aliphatic heterocycles. The Labute approximate surface area is 160 Å². The van der Waals surface area contributed by atoms with Gasteiger partial charge in [0, 0.05) is 12.2 Å². The van der Waals surface area contributed by atoms with E-state index < -0.39 is 0 Å². The number of hydrogen-bond donors (Lipinski definition) is 0. The first-order valence-corrected chi connectivity index (χ1v) is 9.40. The molecule has 1 aromatic heterocycles. The van der Waals surface area contributed by atoms with Crippen molar-refractivity contribution in [1.29, 1.82) is 0 Å². The first-order valence-electron chi connectivity index (χ1n) is 9.40. The number of benzene rings is 1. The summed E-state index contributed by atoms with van der Waals surface area (Å²) in [6.45, 7) is 6.08. The van der Waals surface area contributed by atoms with E-state index in [1.807, 2.05) is 36.9 Å². The summed E-state index contributed by atoms with van der Waals surface area (Å²) in [5.74, 6) is 0.814. The van der Waals surface area contributed by atoms with Crippen LogP contribution in [-0.4, -0.2) is 40.0 Å². The Bertz CT molecular complexity index is 856. The summed E-state index contributed by atoms with van der Waals surface area (Å²) in [4.78, 5) is 26.9. The number of ether oxygens (including phenoxy) is 1. The first-order chi connectivity index (χ1) is 12.9. The summed E-state index contributed by atoms with van der Waals surface area (Å²) in [7, 11) is 1.65. The predicted molar refractivity (Wildman–Crippen MR) is 103 cm³/mol. The van der Waals surface area contributed by atoms with E-state index in [0.29, 0.717) is 11.3 Å². The Hall–Kier alpha value is -2.63. The number of likely N-dealkylation sites (tertiary alicyclic amines) is 1. The monoisotopic (exact) mass is 369 g/mol. The Morgan fingerprint density at radius 3 is 2.70 bits per heavy atom. The topological polar surface area (TPSA) is 64.4 Å². The van der Waals surface area contributed by atoms with E-state index in [4.69, 9.17) is 4.74 Å². The average Bonchev–Trinajstić information content (AvgIpc) is 2.95. The fourth-order valence-corrected chi connectivity index (χ4v) is 4.00. The lowest BCUT2D eigenvalue weighted by atomic mass is 9.95. The SMILES string of the molecule is COc1cccc(C2CCCCN2C(=O)Cn2nc(C)c(C(C)=O)c2C)c1. The highest BCUT2D eigenvalue weighted by atomic mass is 16.5. The van der Waals surface area contributed by atoms with Gasteiger partial charge in [-0.15, -0.1) is 0 Å². The second-order valence-corrected chi connectivity index (χ2v) is 7.13. The number of aryl methyl sites for hydroxylation is 1. The zero-order valence-electron chi connectivity index (χ0n) is 16.5. The van der Waals surface area contributed by atoms with Crippen LogP contribution in [-0.2, 0) is 11.3 Å². The van der Waals surface area contributed by atoms with Crippen LogP contribution in [0.2, 0.25) is 0 Å². The van der Waals surface area contributed by atoms with Gasteiger partial charge in [0.2, 0.25) is 5.91 Å². The van der Waals surface area contributed by atoms with Gasteiger partial charge < -0.3 is 9.64 Å².